The van der Waals surface area contributed by atoms with Crippen molar-refractivity contribution in [2.75, 3.05) is 6.54 Å². The predicted octanol–water partition coefficient (Wildman–Crippen LogP) is 1.57. The van der Waals surface area contributed by atoms with Gasteiger partial charge in [-0.1, -0.05) is 43.7 Å². The van der Waals surface area contributed by atoms with Gasteiger partial charge in [0.1, 0.15) is 18.2 Å². The van der Waals surface area contributed by atoms with Crippen LogP contribution in [-0.2, 0) is 25.5 Å². The van der Waals surface area contributed by atoms with Gasteiger partial charge in [-0.3, -0.25) is 9.59 Å². The molecule has 2 aliphatic heterocycles. The molecule has 2 aliphatic rings. The van der Waals surface area contributed by atoms with E-state index < -0.39 is 30.3 Å². The Kier molecular flexibility index (Phi) is 7.25. The highest BCUT2D eigenvalue weighted by Gasteiger charge is 2.40. The summed E-state index contributed by atoms with van der Waals surface area (Å²) in [7, 11) is 0. The minimum absolute atomic E-state index is 0.125. The standard InChI is InChI=1S/C22H30N2O5/c1-2-7-17-13-16(25)14-20(26)23-18(12-15-8-4-3-5-9-15)21(27)24-11-6-10-19(24)22(28)29-17/h3-5,8-9,16-19,25H,2,6-7,10-14H2,1H3,(H,23,26)/t16-,17-,18-,19+/m1/s1. The van der Waals surface area contributed by atoms with Gasteiger partial charge < -0.3 is 20.1 Å². The highest BCUT2D eigenvalue weighted by atomic mass is 16.5. The number of rotatable bonds is 4. The van der Waals surface area contributed by atoms with Crippen molar-refractivity contribution >= 4 is 17.8 Å². The third-order valence-corrected chi connectivity index (χ3v) is 5.57. The fourth-order valence-corrected chi connectivity index (χ4v) is 4.17. The summed E-state index contributed by atoms with van der Waals surface area (Å²) in [5, 5.41) is 13.1. The Morgan fingerprint density at radius 3 is 2.69 bits per heavy atom. The van der Waals surface area contributed by atoms with Gasteiger partial charge in [0.2, 0.25) is 11.8 Å². The highest BCUT2D eigenvalue weighted by Crippen LogP contribution is 2.23. The lowest BCUT2D eigenvalue weighted by atomic mass is 10.0. The molecule has 1 aromatic rings. The number of hydrogen-bond acceptors (Lipinski definition) is 5. The monoisotopic (exact) mass is 402 g/mol. The molecule has 0 saturated carbocycles. The summed E-state index contributed by atoms with van der Waals surface area (Å²) < 4.78 is 5.66. The Bertz CT molecular complexity index is 723. The summed E-state index contributed by atoms with van der Waals surface area (Å²) in [4.78, 5) is 40.1. The van der Waals surface area contributed by atoms with E-state index in [0.717, 1.165) is 18.4 Å². The quantitative estimate of drug-likeness (QED) is 0.746. The lowest BCUT2D eigenvalue weighted by Gasteiger charge is -2.31. The van der Waals surface area contributed by atoms with E-state index in [4.69, 9.17) is 4.74 Å². The van der Waals surface area contributed by atoms with Crippen LogP contribution in [0.25, 0.3) is 0 Å². The van der Waals surface area contributed by atoms with Crippen LogP contribution in [0.5, 0.6) is 0 Å². The second-order valence-corrected chi connectivity index (χ2v) is 7.94. The Hall–Kier alpha value is -2.41. The largest absolute Gasteiger partial charge is 0.461 e. The number of esters is 1. The molecule has 3 rings (SSSR count). The molecule has 0 aliphatic carbocycles. The average Bonchev–Trinajstić information content (AvgIpc) is 3.17. The molecule has 0 aromatic heterocycles. The SMILES string of the molecule is CCC[C@@H]1C[C@@H](O)CC(=O)N[C@H](Cc2ccccc2)C(=O)N2CCC[C@H]2C(=O)O1. The van der Waals surface area contributed by atoms with Crippen molar-refractivity contribution in [3.63, 3.8) is 0 Å². The molecule has 0 spiro atoms. The Balaban J connectivity index is 1.85. The molecule has 7 nitrogen and oxygen atoms in total. The number of amides is 2. The van der Waals surface area contributed by atoms with E-state index in [1.165, 1.54) is 0 Å². The molecule has 0 radical (unpaired) electrons. The molecular formula is C22H30N2O5. The molecular weight excluding hydrogens is 372 g/mol. The zero-order chi connectivity index (χ0) is 20.8. The summed E-state index contributed by atoms with van der Waals surface area (Å²) in [5.41, 5.74) is 0.917. The maximum Gasteiger partial charge on any atom is 0.329 e. The summed E-state index contributed by atoms with van der Waals surface area (Å²) >= 11 is 0. The first-order valence-electron chi connectivity index (χ1n) is 10.5. The van der Waals surface area contributed by atoms with E-state index in [-0.39, 0.29) is 24.7 Å². The fourth-order valence-electron chi connectivity index (χ4n) is 4.17. The molecule has 0 unspecified atom stereocenters. The van der Waals surface area contributed by atoms with E-state index in [0.29, 0.717) is 25.8 Å². The van der Waals surface area contributed by atoms with Gasteiger partial charge in [0.15, 0.2) is 0 Å². The van der Waals surface area contributed by atoms with Crippen molar-refractivity contribution in [3.8, 4) is 0 Å². The van der Waals surface area contributed by atoms with Gasteiger partial charge in [0.25, 0.3) is 0 Å². The first kappa shape index (κ1) is 21.3. The number of cyclic esters (lactones) is 1. The van der Waals surface area contributed by atoms with E-state index in [1.54, 1.807) is 4.90 Å². The number of carbonyl (C=O) groups excluding carboxylic acids is 3. The molecule has 2 fully saturated rings. The van der Waals surface area contributed by atoms with E-state index in [1.807, 2.05) is 37.3 Å². The number of aliphatic hydroxyl groups is 1. The number of nitrogens with zero attached hydrogens (tertiary/aromatic N) is 1. The third kappa shape index (κ3) is 5.56. The van der Waals surface area contributed by atoms with Gasteiger partial charge >= 0.3 is 5.97 Å². The van der Waals surface area contributed by atoms with Gasteiger partial charge in [-0.25, -0.2) is 4.79 Å². The highest BCUT2D eigenvalue weighted by molar-refractivity contribution is 5.91. The van der Waals surface area contributed by atoms with E-state index in [9.17, 15) is 19.5 Å². The molecule has 1 aromatic carbocycles. The molecule has 2 N–H and O–H groups in total. The van der Waals surface area contributed by atoms with Gasteiger partial charge in [-0.2, -0.15) is 0 Å². The van der Waals surface area contributed by atoms with Crippen molar-refractivity contribution in [1.82, 2.24) is 10.2 Å². The lowest BCUT2D eigenvalue weighted by Crippen LogP contribution is -2.54. The number of nitrogens with one attached hydrogen (secondary N) is 1. The zero-order valence-corrected chi connectivity index (χ0v) is 16.9. The van der Waals surface area contributed by atoms with E-state index >= 15 is 0 Å². The van der Waals surface area contributed by atoms with Crippen LogP contribution >= 0.6 is 0 Å². The number of aliphatic hydroxyl groups excluding tert-OH is 1. The lowest BCUT2D eigenvalue weighted by molar-refractivity contribution is -0.160. The second-order valence-electron chi connectivity index (χ2n) is 7.94. The van der Waals surface area contributed by atoms with Crippen molar-refractivity contribution in [2.45, 2.75) is 76.2 Å². The van der Waals surface area contributed by atoms with E-state index in [2.05, 4.69) is 5.32 Å². The molecule has 158 valence electrons. The number of benzene rings is 1. The van der Waals surface area contributed by atoms with Crippen LogP contribution in [-0.4, -0.2) is 58.6 Å². The molecule has 29 heavy (non-hydrogen) atoms. The maximum absolute atomic E-state index is 13.3. The number of ether oxygens (including phenoxy) is 1. The summed E-state index contributed by atoms with van der Waals surface area (Å²) in [6.07, 6.45) is 1.73. The van der Waals surface area contributed by atoms with Crippen molar-refractivity contribution in [2.24, 2.45) is 0 Å². The van der Waals surface area contributed by atoms with Crippen LogP contribution in [0, 0.1) is 0 Å². The summed E-state index contributed by atoms with van der Waals surface area (Å²) in [6, 6.07) is 8.03. The number of carbonyl (C=O) groups is 3. The average molecular weight is 402 g/mol. The van der Waals surface area contributed by atoms with Crippen molar-refractivity contribution in [1.29, 1.82) is 0 Å². The van der Waals surface area contributed by atoms with Crippen LogP contribution in [0.4, 0.5) is 0 Å². The molecule has 2 amide bonds. The molecule has 4 atom stereocenters. The first-order chi connectivity index (χ1) is 14.0. The fraction of sp³-hybridized carbons (Fsp3) is 0.591. The van der Waals surface area contributed by atoms with Crippen molar-refractivity contribution < 1.29 is 24.2 Å². The minimum atomic E-state index is -0.925. The topological polar surface area (TPSA) is 95.9 Å². The summed E-state index contributed by atoms with van der Waals surface area (Å²) in [6.45, 7) is 2.45. The molecule has 0 bridgehead atoms. The van der Waals surface area contributed by atoms with Gasteiger partial charge in [-0.15, -0.1) is 0 Å². The number of fused-ring (bicyclic) bond motifs is 1. The predicted molar refractivity (Wildman–Crippen MR) is 107 cm³/mol. The van der Waals surface area contributed by atoms with Crippen LogP contribution in [0.1, 0.15) is 51.0 Å². The van der Waals surface area contributed by atoms with Crippen LogP contribution < -0.4 is 5.32 Å². The zero-order valence-electron chi connectivity index (χ0n) is 16.9. The Morgan fingerprint density at radius 2 is 1.97 bits per heavy atom. The van der Waals surface area contributed by atoms with Gasteiger partial charge in [-0.05, 0) is 24.8 Å². The second kappa shape index (κ2) is 9.87. The minimum Gasteiger partial charge on any atom is -0.461 e. The normalized spacial score (nSPS) is 28.8. The smallest absolute Gasteiger partial charge is 0.329 e. The molecule has 2 heterocycles. The number of hydrogen-bond donors (Lipinski definition) is 2. The van der Waals surface area contributed by atoms with Crippen LogP contribution in [0.15, 0.2) is 30.3 Å². The Labute approximate surface area is 171 Å². The first-order valence-corrected chi connectivity index (χ1v) is 10.5. The van der Waals surface area contributed by atoms with Gasteiger partial charge in [0.05, 0.1) is 12.5 Å². The maximum atomic E-state index is 13.3. The Morgan fingerprint density at radius 1 is 1.21 bits per heavy atom. The third-order valence-electron chi connectivity index (χ3n) is 5.57. The van der Waals surface area contributed by atoms with Gasteiger partial charge in [0, 0.05) is 19.4 Å². The van der Waals surface area contributed by atoms with Crippen LogP contribution in [0.3, 0.4) is 0 Å². The van der Waals surface area contributed by atoms with Crippen molar-refractivity contribution in [3.05, 3.63) is 35.9 Å². The molecule has 2 saturated heterocycles. The van der Waals surface area contributed by atoms with Crippen LogP contribution in [0.2, 0.25) is 0 Å². The summed E-state index contributed by atoms with van der Waals surface area (Å²) in [5.74, 6) is -1.06. The molecule has 7 heteroatoms.